The fourth-order valence-corrected chi connectivity index (χ4v) is 2.61. The first-order valence-corrected chi connectivity index (χ1v) is 6.78. The predicted molar refractivity (Wildman–Crippen MR) is 71.9 cm³/mol. The fraction of sp³-hybridized carbons (Fsp3) is 0.615. The molecule has 0 atom stereocenters. The molecule has 6 heteroatoms. The van der Waals surface area contributed by atoms with Crippen LogP contribution in [0.1, 0.15) is 30.3 Å². The lowest BCUT2D eigenvalue weighted by Crippen LogP contribution is -2.69. The van der Waals surface area contributed by atoms with Gasteiger partial charge in [-0.25, -0.2) is 0 Å². The molecule has 0 radical (unpaired) electrons. The Morgan fingerprint density at radius 2 is 2.21 bits per heavy atom. The molecular formula is C13H19N5O. The zero-order valence-corrected chi connectivity index (χ0v) is 11.1. The van der Waals surface area contributed by atoms with Crippen LogP contribution in [-0.2, 0) is 0 Å². The van der Waals surface area contributed by atoms with E-state index >= 15 is 0 Å². The number of carbonyl (C=O) groups excluding carboxylic acids is 1. The maximum absolute atomic E-state index is 11.6. The van der Waals surface area contributed by atoms with Crippen molar-refractivity contribution in [1.82, 2.24) is 15.5 Å². The third kappa shape index (κ3) is 2.28. The van der Waals surface area contributed by atoms with E-state index in [9.17, 15) is 4.79 Å². The van der Waals surface area contributed by atoms with Crippen LogP contribution in [0.5, 0.6) is 0 Å². The van der Waals surface area contributed by atoms with E-state index in [4.69, 9.17) is 5.73 Å². The molecule has 0 aromatic carbocycles. The van der Waals surface area contributed by atoms with Crippen molar-refractivity contribution in [3.63, 3.8) is 0 Å². The number of anilines is 1. The van der Waals surface area contributed by atoms with Crippen LogP contribution in [0, 0.1) is 5.92 Å². The van der Waals surface area contributed by atoms with Crippen LogP contribution in [0.2, 0.25) is 0 Å². The average molecular weight is 261 g/mol. The van der Waals surface area contributed by atoms with Gasteiger partial charge in [-0.3, -0.25) is 4.79 Å². The molecule has 2 heterocycles. The van der Waals surface area contributed by atoms with E-state index in [-0.39, 0.29) is 11.4 Å². The zero-order valence-electron chi connectivity index (χ0n) is 11.1. The van der Waals surface area contributed by atoms with Crippen LogP contribution in [0.4, 0.5) is 5.82 Å². The largest absolute Gasteiger partial charge is 0.351 e. The molecule has 3 rings (SSSR count). The van der Waals surface area contributed by atoms with Crippen molar-refractivity contribution in [2.75, 3.05) is 24.5 Å². The van der Waals surface area contributed by atoms with Gasteiger partial charge >= 0.3 is 0 Å². The minimum absolute atomic E-state index is 0.0278. The second kappa shape index (κ2) is 4.45. The van der Waals surface area contributed by atoms with Crippen molar-refractivity contribution in [2.45, 2.75) is 25.3 Å². The number of amides is 1. The highest BCUT2D eigenvalue weighted by atomic mass is 16.1. The highest BCUT2D eigenvalue weighted by molar-refractivity contribution is 5.92. The summed E-state index contributed by atoms with van der Waals surface area (Å²) in [4.78, 5) is 13.7. The molecule has 1 aromatic rings. The fourth-order valence-electron chi connectivity index (χ4n) is 2.61. The van der Waals surface area contributed by atoms with Crippen molar-refractivity contribution < 1.29 is 4.79 Å². The standard InChI is InChI=1S/C13H19N5O/c1-2-15-12(19)10-5-6-11(17-16-10)18-7-13(14,8-18)9-3-4-9/h5-6,9H,2-4,7-8,14H2,1H3,(H,15,19). The lowest BCUT2D eigenvalue weighted by Gasteiger charge is -2.48. The van der Waals surface area contributed by atoms with Crippen LogP contribution < -0.4 is 16.0 Å². The van der Waals surface area contributed by atoms with Gasteiger partial charge in [0, 0.05) is 19.6 Å². The van der Waals surface area contributed by atoms with Gasteiger partial charge < -0.3 is 16.0 Å². The Bertz CT molecular complexity index is 476. The molecule has 19 heavy (non-hydrogen) atoms. The number of aromatic nitrogens is 2. The summed E-state index contributed by atoms with van der Waals surface area (Å²) in [7, 11) is 0. The summed E-state index contributed by atoms with van der Waals surface area (Å²) in [5.41, 5.74) is 6.63. The Kier molecular flexibility index (Phi) is 2.89. The molecule has 1 amide bonds. The summed E-state index contributed by atoms with van der Waals surface area (Å²) in [5, 5.41) is 10.8. The third-order valence-electron chi connectivity index (χ3n) is 3.91. The first-order chi connectivity index (χ1) is 9.12. The predicted octanol–water partition coefficient (Wildman–Crippen LogP) is 0.154. The van der Waals surface area contributed by atoms with Crippen molar-refractivity contribution >= 4 is 11.7 Å². The van der Waals surface area contributed by atoms with Gasteiger partial charge in [0.05, 0.1) is 5.54 Å². The molecule has 2 fully saturated rings. The molecule has 1 saturated carbocycles. The molecule has 6 nitrogen and oxygen atoms in total. The number of nitrogens with two attached hydrogens (primary N) is 1. The van der Waals surface area contributed by atoms with E-state index < -0.39 is 0 Å². The van der Waals surface area contributed by atoms with Crippen molar-refractivity contribution in [2.24, 2.45) is 11.7 Å². The van der Waals surface area contributed by atoms with Gasteiger partial charge in [-0.2, -0.15) is 0 Å². The molecule has 1 aliphatic heterocycles. The van der Waals surface area contributed by atoms with Crippen molar-refractivity contribution in [3.8, 4) is 0 Å². The topological polar surface area (TPSA) is 84.1 Å². The van der Waals surface area contributed by atoms with E-state index in [1.165, 1.54) is 12.8 Å². The first-order valence-electron chi connectivity index (χ1n) is 6.78. The van der Waals surface area contributed by atoms with Crippen LogP contribution in [0.3, 0.4) is 0 Å². The molecule has 0 spiro atoms. The van der Waals surface area contributed by atoms with Gasteiger partial charge in [-0.15, -0.1) is 10.2 Å². The SMILES string of the molecule is CCNC(=O)c1ccc(N2CC(N)(C3CC3)C2)nn1. The number of rotatable bonds is 4. The Balaban J connectivity index is 1.62. The average Bonchev–Trinajstić information content (AvgIpc) is 3.20. The third-order valence-corrected chi connectivity index (χ3v) is 3.91. The van der Waals surface area contributed by atoms with E-state index in [2.05, 4.69) is 20.4 Å². The molecule has 3 N–H and O–H groups in total. The molecule has 1 saturated heterocycles. The quantitative estimate of drug-likeness (QED) is 0.806. The number of hydrogen-bond acceptors (Lipinski definition) is 5. The van der Waals surface area contributed by atoms with Gasteiger partial charge in [0.25, 0.3) is 5.91 Å². The Labute approximate surface area is 112 Å². The summed E-state index contributed by atoms with van der Waals surface area (Å²) in [6, 6.07) is 3.55. The summed E-state index contributed by atoms with van der Waals surface area (Å²) >= 11 is 0. The van der Waals surface area contributed by atoms with Crippen molar-refractivity contribution in [3.05, 3.63) is 17.8 Å². The van der Waals surface area contributed by atoms with E-state index in [1.807, 2.05) is 13.0 Å². The molecule has 1 aromatic heterocycles. The highest BCUT2D eigenvalue weighted by Crippen LogP contribution is 2.43. The maximum Gasteiger partial charge on any atom is 0.271 e. The van der Waals surface area contributed by atoms with E-state index in [0.29, 0.717) is 18.2 Å². The summed E-state index contributed by atoms with van der Waals surface area (Å²) in [6.45, 7) is 4.14. The highest BCUT2D eigenvalue weighted by Gasteiger charge is 2.50. The molecular weight excluding hydrogens is 242 g/mol. The van der Waals surface area contributed by atoms with Gasteiger partial charge in [0.1, 0.15) is 0 Å². The smallest absolute Gasteiger partial charge is 0.271 e. The van der Waals surface area contributed by atoms with Gasteiger partial charge in [-0.05, 0) is 37.8 Å². The molecule has 2 aliphatic rings. The number of nitrogens with zero attached hydrogens (tertiary/aromatic N) is 3. The zero-order chi connectivity index (χ0) is 13.5. The maximum atomic E-state index is 11.6. The Hall–Kier alpha value is -1.69. The number of carbonyl (C=O) groups is 1. The minimum atomic E-state index is -0.184. The lowest BCUT2D eigenvalue weighted by molar-refractivity contribution is 0.0950. The molecule has 1 aliphatic carbocycles. The second-order valence-corrected chi connectivity index (χ2v) is 5.50. The first kappa shape index (κ1) is 12.3. The molecule has 0 bridgehead atoms. The van der Waals surface area contributed by atoms with E-state index in [0.717, 1.165) is 18.9 Å². The van der Waals surface area contributed by atoms with Crippen molar-refractivity contribution in [1.29, 1.82) is 0 Å². The van der Waals surface area contributed by atoms with Gasteiger partial charge in [-0.1, -0.05) is 0 Å². The summed E-state index contributed by atoms with van der Waals surface area (Å²) in [5.74, 6) is 1.30. The van der Waals surface area contributed by atoms with Crippen LogP contribution in [0.25, 0.3) is 0 Å². The minimum Gasteiger partial charge on any atom is -0.351 e. The normalized spacial score (nSPS) is 20.8. The second-order valence-electron chi connectivity index (χ2n) is 5.50. The number of hydrogen-bond donors (Lipinski definition) is 2. The number of nitrogens with one attached hydrogen (secondary N) is 1. The van der Waals surface area contributed by atoms with Gasteiger partial charge in [0.15, 0.2) is 11.5 Å². The molecule has 102 valence electrons. The summed E-state index contributed by atoms with van der Waals surface area (Å²) < 4.78 is 0. The van der Waals surface area contributed by atoms with Crippen LogP contribution in [-0.4, -0.2) is 41.3 Å². The van der Waals surface area contributed by atoms with Crippen LogP contribution >= 0.6 is 0 Å². The van der Waals surface area contributed by atoms with Crippen LogP contribution in [0.15, 0.2) is 12.1 Å². The molecule has 0 unspecified atom stereocenters. The summed E-state index contributed by atoms with van der Waals surface area (Å²) in [6.07, 6.45) is 2.51. The Morgan fingerprint density at radius 3 is 2.74 bits per heavy atom. The van der Waals surface area contributed by atoms with E-state index in [1.54, 1.807) is 6.07 Å². The Morgan fingerprint density at radius 1 is 1.47 bits per heavy atom. The van der Waals surface area contributed by atoms with Gasteiger partial charge in [0.2, 0.25) is 0 Å². The monoisotopic (exact) mass is 261 g/mol. The lowest BCUT2D eigenvalue weighted by atomic mass is 9.86.